The Morgan fingerprint density at radius 3 is 2.67 bits per heavy atom. The van der Waals surface area contributed by atoms with Crippen LogP contribution in [0.3, 0.4) is 0 Å². The Labute approximate surface area is 72.7 Å². The van der Waals surface area contributed by atoms with Crippen LogP contribution in [0.5, 0.6) is 0 Å². The van der Waals surface area contributed by atoms with E-state index in [1.54, 1.807) is 0 Å². The minimum atomic E-state index is -0.549. The molecule has 0 aromatic heterocycles. The molecule has 1 aliphatic rings. The normalized spacial score (nSPS) is 21.8. The standard InChI is InChI=1S/C8H17N3O/c1-8(2-3-8)5-11-4-6(9)7(10)12/h6,11H,2-5,9H2,1H3,(H2,10,12). The van der Waals surface area contributed by atoms with Gasteiger partial charge in [0.15, 0.2) is 0 Å². The second kappa shape index (κ2) is 3.41. The maximum absolute atomic E-state index is 10.5. The summed E-state index contributed by atoms with van der Waals surface area (Å²) in [5, 5.41) is 3.14. The van der Waals surface area contributed by atoms with Gasteiger partial charge in [-0.05, 0) is 18.3 Å². The van der Waals surface area contributed by atoms with E-state index in [2.05, 4.69) is 12.2 Å². The van der Waals surface area contributed by atoms with Gasteiger partial charge in [-0.15, -0.1) is 0 Å². The Balaban J connectivity index is 2.05. The van der Waals surface area contributed by atoms with Gasteiger partial charge in [-0.25, -0.2) is 0 Å². The van der Waals surface area contributed by atoms with Gasteiger partial charge < -0.3 is 16.8 Å². The Bertz CT molecular complexity index is 177. The summed E-state index contributed by atoms with van der Waals surface area (Å²) in [6.07, 6.45) is 2.54. The minimum absolute atomic E-state index is 0.441. The van der Waals surface area contributed by atoms with Crippen molar-refractivity contribution in [2.75, 3.05) is 13.1 Å². The van der Waals surface area contributed by atoms with Gasteiger partial charge in [0.05, 0.1) is 6.04 Å². The first-order valence-corrected chi connectivity index (χ1v) is 4.29. The highest BCUT2D eigenvalue weighted by Gasteiger charge is 2.36. The summed E-state index contributed by atoms with van der Waals surface area (Å²) in [4.78, 5) is 10.5. The molecular formula is C8H17N3O. The second-order valence-corrected chi connectivity index (χ2v) is 3.95. The van der Waals surface area contributed by atoms with Crippen molar-refractivity contribution in [1.29, 1.82) is 0 Å². The van der Waals surface area contributed by atoms with Crippen LogP contribution in [0, 0.1) is 5.41 Å². The van der Waals surface area contributed by atoms with Crippen LogP contribution in [0.2, 0.25) is 0 Å². The Morgan fingerprint density at radius 2 is 2.25 bits per heavy atom. The van der Waals surface area contributed by atoms with Gasteiger partial charge >= 0.3 is 0 Å². The number of primary amides is 1. The zero-order valence-corrected chi connectivity index (χ0v) is 7.47. The van der Waals surface area contributed by atoms with Gasteiger partial charge in [0, 0.05) is 13.1 Å². The van der Waals surface area contributed by atoms with Crippen LogP contribution < -0.4 is 16.8 Å². The number of carbonyl (C=O) groups is 1. The van der Waals surface area contributed by atoms with Crippen molar-refractivity contribution in [2.24, 2.45) is 16.9 Å². The van der Waals surface area contributed by atoms with Crippen molar-refractivity contribution in [2.45, 2.75) is 25.8 Å². The Hall–Kier alpha value is -0.610. The van der Waals surface area contributed by atoms with Crippen molar-refractivity contribution in [3.05, 3.63) is 0 Å². The first kappa shape index (κ1) is 9.48. The zero-order chi connectivity index (χ0) is 9.19. The molecule has 0 aromatic carbocycles. The molecule has 1 aliphatic carbocycles. The van der Waals surface area contributed by atoms with Crippen molar-refractivity contribution < 1.29 is 4.79 Å². The first-order chi connectivity index (χ1) is 5.53. The lowest BCUT2D eigenvalue weighted by Gasteiger charge is -2.12. The predicted octanol–water partition coefficient (Wildman–Crippen LogP) is -0.811. The van der Waals surface area contributed by atoms with Gasteiger partial charge in [0.1, 0.15) is 0 Å². The monoisotopic (exact) mass is 171 g/mol. The molecule has 0 aliphatic heterocycles. The Kier molecular flexibility index (Phi) is 2.69. The van der Waals surface area contributed by atoms with Crippen LogP contribution in [-0.4, -0.2) is 25.0 Å². The summed E-state index contributed by atoms with van der Waals surface area (Å²) >= 11 is 0. The van der Waals surface area contributed by atoms with E-state index in [1.807, 2.05) is 0 Å². The number of nitrogens with one attached hydrogen (secondary N) is 1. The SMILES string of the molecule is CC1(CNCC(N)C(N)=O)CC1. The summed E-state index contributed by atoms with van der Waals surface area (Å²) in [5.74, 6) is -0.441. The highest BCUT2D eigenvalue weighted by Crippen LogP contribution is 2.43. The molecule has 0 spiro atoms. The third-order valence-corrected chi connectivity index (χ3v) is 2.39. The number of hydrogen-bond donors (Lipinski definition) is 3. The van der Waals surface area contributed by atoms with E-state index in [9.17, 15) is 4.79 Å². The molecule has 4 nitrogen and oxygen atoms in total. The molecule has 1 unspecified atom stereocenters. The van der Waals surface area contributed by atoms with Gasteiger partial charge in [0.2, 0.25) is 5.91 Å². The smallest absolute Gasteiger partial charge is 0.235 e. The van der Waals surface area contributed by atoms with E-state index in [0.29, 0.717) is 12.0 Å². The fourth-order valence-corrected chi connectivity index (χ4v) is 1.02. The molecule has 0 saturated heterocycles. The molecule has 0 heterocycles. The largest absolute Gasteiger partial charge is 0.368 e. The van der Waals surface area contributed by atoms with Crippen molar-refractivity contribution in [3.8, 4) is 0 Å². The summed E-state index contributed by atoms with van der Waals surface area (Å²) in [6.45, 7) is 3.65. The van der Waals surface area contributed by atoms with Gasteiger partial charge in [-0.2, -0.15) is 0 Å². The summed E-state index contributed by atoms with van der Waals surface area (Å²) < 4.78 is 0. The average Bonchev–Trinajstić information content (AvgIpc) is 2.68. The summed E-state index contributed by atoms with van der Waals surface area (Å²) in [7, 11) is 0. The average molecular weight is 171 g/mol. The van der Waals surface area contributed by atoms with E-state index in [1.165, 1.54) is 12.8 Å². The molecule has 0 radical (unpaired) electrons. The number of carbonyl (C=O) groups excluding carboxylic acids is 1. The maximum atomic E-state index is 10.5. The molecule has 1 atom stereocenters. The topological polar surface area (TPSA) is 81.1 Å². The molecule has 0 bridgehead atoms. The zero-order valence-electron chi connectivity index (χ0n) is 7.47. The van der Waals surface area contributed by atoms with Crippen LogP contribution >= 0.6 is 0 Å². The van der Waals surface area contributed by atoms with E-state index < -0.39 is 11.9 Å². The van der Waals surface area contributed by atoms with Crippen LogP contribution in [-0.2, 0) is 4.79 Å². The third kappa shape index (κ3) is 2.79. The fraction of sp³-hybridized carbons (Fsp3) is 0.875. The van der Waals surface area contributed by atoms with E-state index in [0.717, 1.165) is 6.54 Å². The Morgan fingerprint density at radius 1 is 1.67 bits per heavy atom. The van der Waals surface area contributed by atoms with Crippen LogP contribution in [0.15, 0.2) is 0 Å². The summed E-state index contributed by atoms with van der Waals surface area (Å²) in [5.41, 5.74) is 10.9. The molecule has 5 N–H and O–H groups in total. The third-order valence-electron chi connectivity index (χ3n) is 2.39. The maximum Gasteiger partial charge on any atom is 0.235 e. The second-order valence-electron chi connectivity index (χ2n) is 3.95. The molecule has 0 aromatic rings. The van der Waals surface area contributed by atoms with Crippen LogP contribution in [0.4, 0.5) is 0 Å². The number of amides is 1. The lowest BCUT2D eigenvalue weighted by Crippen LogP contribution is -2.45. The molecule has 1 amide bonds. The van der Waals surface area contributed by atoms with Crippen molar-refractivity contribution in [1.82, 2.24) is 5.32 Å². The van der Waals surface area contributed by atoms with E-state index >= 15 is 0 Å². The summed E-state index contributed by atoms with van der Waals surface area (Å²) in [6, 6.07) is -0.549. The van der Waals surface area contributed by atoms with Gasteiger partial charge in [0.25, 0.3) is 0 Å². The van der Waals surface area contributed by atoms with Crippen molar-refractivity contribution >= 4 is 5.91 Å². The van der Waals surface area contributed by atoms with Gasteiger partial charge in [-0.1, -0.05) is 6.92 Å². The highest BCUT2D eigenvalue weighted by atomic mass is 16.1. The molecule has 1 rings (SSSR count). The number of rotatable bonds is 5. The highest BCUT2D eigenvalue weighted by molar-refractivity contribution is 5.79. The van der Waals surface area contributed by atoms with Crippen LogP contribution in [0.1, 0.15) is 19.8 Å². The van der Waals surface area contributed by atoms with Crippen molar-refractivity contribution in [3.63, 3.8) is 0 Å². The number of nitrogens with two attached hydrogens (primary N) is 2. The molecule has 4 heteroatoms. The minimum Gasteiger partial charge on any atom is -0.368 e. The fourth-order valence-electron chi connectivity index (χ4n) is 1.02. The molecule has 12 heavy (non-hydrogen) atoms. The van der Waals surface area contributed by atoms with Gasteiger partial charge in [-0.3, -0.25) is 4.79 Å². The molecule has 70 valence electrons. The van der Waals surface area contributed by atoms with E-state index in [4.69, 9.17) is 11.5 Å². The van der Waals surface area contributed by atoms with E-state index in [-0.39, 0.29) is 0 Å². The number of hydrogen-bond acceptors (Lipinski definition) is 3. The lowest BCUT2D eigenvalue weighted by molar-refractivity contribution is -0.119. The lowest BCUT2D eigenvalue weighted by atomic mass is 10.1. The molecular weight excluding hydrogens is 154 g/mol. The predicted molar refractivity (Wildman–Crippen MR) is 47.4 cm³/mol. The molecule has 1 fully saturated rings. The van der Waals surface area contributed by atoms with Crippen LogP contribution in [0.25, 0.3) is 0 Å². The first-order valence-electron chi connectivity index (χ1n) is 4.29. The quantitative estimate of drug-likeness (QED) is 0.506. The molecule has 1 saturated carbocycles.